The molecular formula is C34H29F3N8O9. The molecule has 0 fully saturated rings. The van der Waals surface area contributed by atoms with Crippen molar-refractivity contribution in [2.24, 2.45) is 11.5 Å². The number of benzene rings is 5. The van der Waals surface area contributed by atoms with Crippen molar-refractivity contribution in [3.8, 4) is 22.6 Å². The predicted molar refractivity (Wildman–Crippen MR) is 192 cm³/mol. The maximum absolute atomic E-state index is 12.6. The van der Waals surface area contributed by atoms with E-state index in [0.717, 1.165) is 65.7 Å². The van der Waals surface area contributed by atoms with E-state index >= 15 is 0 Å². The summed E-state index contributed by atoms with van der Waals surface area (Å²) in [5, 5.41) is 50.3. The number of nitro groups is 2. The van der Waals surface area contributed by atoms with Crippen LogP contribution in [-0.4, -0.2) is 38.2 Å². The van der Waals surface area contributed by atoms with Gasteiger partial charge in [-0.2, -0.15) is 13.2 Å². The van der Waals surface area contributed by atoms with Crippen LogP contribution in [0.1, 0.15) is 5.56 Å². The second-order valence-corrected chi connectivity index (χ2v) is 10.5. The molecular weight excluding hydrogens is 721 g/mol. The van der Waals surface area contributed by atoms with Gasteiger partial charge in [-0.05, 0) is 42.0 Å². The first-order chi connectivity index (χ1) is 25.4. The van der Waals surface area contributed by atoms with Gasteiger partial charge < -0.3 is 42.9 Å². The Morgan fingerprint density at radius 2 is 1.06 bits per heavy atom. The van der Waals surface area contributed by atoms with Crippen molar-refractivity contribution >= 4 is 52.2 Å². The SMILES string of the molecule is NC(N)=O.O=C(Nc1cc([N+](=O)[O-])ccc1O)Nc1ccccc1-c1ccccc1.O=C(Nc1cccc(C(F)(F)F)c1)Nc1cc([N+](=O)[O-])ccc1O. The van der Waals surface area contributed by atoms with E-state index in [1.54, 1.807) is 12.1 Å². The number of phenolic OH excluding ortho intramolecular Hbond substituents is 2. The van der Waals surface area contributed by atoms with Crippen LogP contribution in [0.2, 0.25) is 0 Å². The minimum atomic E-state index is -4.56. The van der Waals surface area contributed by atoms with Gasteiger partial charge in [-0.15, -0.1) is 0 Å². The number of amides is 6. The summed E-state index contributed by atoms with van der Waals surface area (Å²) in [5.74, 6) is -0.693. The average molecular weight is 751 g/mol. The van der Waals surface area contributed by atoms with E-state index in [2.05, 4.69) is 32.7 Å². The molecule has 54 heavy (non-hydrogen) atoms. The van der Waals surface area contributed by atoms with Crippen LogP contribution in [-0.2, 0) is 6.18 Å². The van der Waals surface area contributed by atoms with Gasteiger partial charge in [0.2, 0.25) is 0 Å². The van der Waals surface area contributed by atoms with Gasteiger partial charge in [-0.25, -0.2) is 14.4 Å². The fourth-order valence-electron chi connectivity index (χ4n) is 4.27. The summed E-state index contributed by atoms with van der Waals surface area (Å²) in [4.78, 5) is 53.3. The third-order valence-electron chi connectivity index (χ3n) is 6.59. The maximum Gasteiger partial charge on any atom is 0.416 e. The van der Waals surface area contributed by atoms with Crippen molar-refractivity contribution in [1.82, 2.24) is 0 Å². The topological polar surface area (TPSA) is 278 Å². The Morgan fingerprint density at radius 3 is 1.56 bits per heavy atom. The molecule has 0 unspecified atom stereocenters. The monoisotopic (exact) mass is 750 g/mol. The van der Waals surface area contributed by atoms with Crippen LogP contribution in [0.4, 0.5) is 61.7 Å². The van der Waals surface area contributed by atoms with Gasteiger partial charge in [0.05, 0.1) is 32.5 Å². The summed E-state index contributed by atoms with van der Waals surface area (Å²) in [6.07, 6.45) is -4.56. The number of rotatable bonds is 7. The highest BCUT2D eigenvalue weighted by atomic mass is 19.4. The summed E-state index contributed by atoms with van der Waals surface area (Å²) in [5.41, 5.74) is 8.84. The number of carbonyl (C=O) groups is 3. The highest BCUT2D eigenvalue weighted by Gasteiger charge is 2.30. The first-order valence-corrected chi connectivity index (χ1v) is 14.9. The van der Waals surface area contributed by atoms with Crippen LogP contribution in [0.5, 0.6) is 11.5 Å². The lowest BCUT2D eigenvalue weighted by Crippen LogP contribution is -2.20. The Hall–Kier alpha value is -7.90. The van der Waals surface area contributed by atoms with Crippen LogP contribution >= 0.6 is 0 Å². The number of carbonyl (C=O) groups excluding carboxylic acids is 3. The molecule has 20 heteroatoms. The molecule has 10 N–H and O–H groups in total. The Balaban J connectivity index is 0.000000265. The molecule has 0 heterocycles. The quantitative estimate of drug-likeness (QED) is 0.0461. The predicted octanol–water partition coefficient (Wildman–Crippen LogP) is 7.60. The molecule has 0 spiro atoms. The van der Waals surface area contributed by atoms with Gasteiger partial charge in [0.15, 0.2) is 0 Å². The first-order valence-electron chi connectivity index (χ1n) is 14.9. The number of non-ortho nitro benzene ring substituents is 2. The van der Waals surface area contributed by atoms with Gasteiger partial charge >= 0.3 is 24.3 Å². The number of urea groups is 3. The van der Waals surface area contributed by atoms with Crippen molar-refractivity contribution in [1.29, 1.82) is 0 Å². The summed E-state index contributed by atoms with van der Waals surface area (Å²) in [7, 11) is 0. The number of alkyl halides is 3. The molecule has 0 aliphatic rings. The van der Waals surface area contributed by atoms with E-state index in [1.165, 1.54) is 6.07 Å². The molecule has 280 valence electrons. The number of hydrogen-bond donors (Lipinski definition) is 8. The highest BCUT2D eigenvalue weighted by Crippen LogP contribution is 2.32. The van der Waals surface area contributed by atoms with Crippen LogP contribution in [0.15, 0.2) is 115 Å². The second-order valence-electron chi connectivity index (χ2n) is 10.5. The third-order valence-corrected chi connectivity index (χ3v) is 6.59. The zero-order valence-electron chi connectivity index (χ0n) is 27.4. The van der Waals surface area contributed by atoms with E-state index in [-0.39, 0.29) is 34.2 Å². The minimum Gasteiger partial charge on any atom is -0.506 e. The molecule has 17 nitrogen and oxygen atoms in total. The highest BCUT2D eigenvalue weighted by molar-refractivity contribution is 6.03. The van der Waals surface area contributed by atoms with E-state index in [4.69, 9.17) is 4.79 Å². The molecule has 5 rings (SSSR count). The summed E-state index contributed by atoms with van der Waals surface area (Å²) in [6, 6.07) is 24.7. The molecule has 0 aliphatic heterocycles. The fourth-order valence-corrected chi connectivity index (χ4v) is 4.27. The number of nitrogens with one attached hydrogen (secondary N) is 4. The van der Waals surface area contributed by atoms with E-state index in [0.29, 0.717) is 5.69 Å². The third kappa shape index (κ3) is 12.5. The zero-order valence-corrected chi connectivity index (χ0v) is 27.4. The normalized spacial score (nSPS) is 10.2. The Labute approximate surface area is 302 Å². The van der Waals surface area contributed by atoms with Crippen molar-refractivity contribution < 1.29 is 47.6 Å². The number of nitrogens with zero attached hydrogens (tertiary/aromatic N) is 2. The number of primary amides is 2. The number of phenols is 2. The molecule has 5 aromatic carbocycles. The number of anilines is 4. The van der Waals surface area contributed by atoms with Gasteiger partial charge in [0.25, 0.3) is 11.4 Å². The van der Waals surface area contributed by atoms with E-state index in [1.807, 2.05) is 42.5 Å². The lowest BCUT2D eigenvalue weighted by molar-refractivity contribution is -0.385. The largest absolute Gasteiger partial charge is 0.506 e. The van der Waals surface area contributed by atoms with Crippen molar-refractivity contribution in [2.75, 3.05) is 21.3 Å². The zero-order chi connectivity index (χ0) is 40.0. The van der Waals surface area contributed by atoms with Crippen LogP contribution < -0.4 is 32.7 Å². The molecule has 0 saturated carbocycles. The minimum absolute atomic E-state index is 0.0473. The lowest BCUT2D eigenvalue weighted by atomic mass is 10.0. The van der Waals surface area contributed by atoms with Crippen LogP contribution in [0.3, 0.4) is 0 Å². The molecule has 0 saturated heterocycles. The molecule has 5 aromatic rings. The number of nitro benzene ring substituents is 2. The Kier molecular flexibility index (Phi) is 13.8. The summed E-state index contributed by atoms with van der Waals surface area (Å²) < 4.78 is 37.8. The summed E-state index contributed by atoms with van der Waals surface area (Å²) >= 11 is 0. The lowest BCUT2D eigenvalue weighted by Gasteiger charge is -2.12. The first kappa shape index (κ1) is 40.5. The van der Waals surface area contributed by atoms with Gasteiger partial charge in [0.1, 0.15) is 11.5 Å². The summed E-state index contributed by atoms with van der Waals surface area (Å²) in [6.45, 7) is 0. The van der Waals surface area contributed by atoms with E-state index in [9.17, 15) is 53.2 Å². The molecule has 0 aromatic heterocycles. The average Bonchev–Trinajstić information content (AvgIpc) is 3.10. The van der Waals surface area contributed by atoms with Gasteiger partial charge in [0, 0.05) is 35.5 Å². The number of aromatic hydroxyl groups is 2. The van der Waals surface area contributed by atoms with E-state index < -0.39 is 45.4 Å². The van der Waals surface area contributed by atoms with Crippen molar-refractivity contribution in [3.63, 3.8) is 0 Å². The van der Waals surface area contributed by atoms with Crippen LogP contribution in [0.25, 0.3) is 11.1 Å². The number of para-hydroxylation sites is 1. The molecule has 0 radical (unpaired) electrons. The second kappa shape index (κ2) is 18.4. The molecule has 0 bridgehead atoms. The van der Waals surface area contributed by atoms with Crippen LogP contribution in [0, 0.1) is 20.2 Å². The van der Waals surface area contributed by atoms with Crippen molar-refractivity contribution in [3.05, 3.63) is 141 Å². The molecule has 0 aliphatic carbocycles. The number of halogens is 3. The Morgan fingerprint density at radius 1 is 0.593 bits per heavy atom. The fraction of sp³-hybridized carbons (Fsp3) is 0.0294. The smallest absolute Gasteiger partial charge is 0.416 e. The molecule has 0 atom stereocenters. The molecule has 6 amide bonds. The Bertz CT molecular complexity index is 2150. The standard InChI is InChI=1S/C19H15N3O4.C14H10F3N3O4.CH4N2O/c23-18-11-10-14(22(25)26)12-17(18)21-19(24)20-16-9-5-4-8-15(16)13-6-2-1-3-7-13;15-14(16,17)8-2-1-3-9(6-8)18-13(22)19-11-7-10(20(23)24)4-5-12(11)21;2-1(3)4/h1-12,23H,(H2,20,21,24);1-7,21H,(H2,18,19,22);(H4,2,3,4). The van der Waals surface area contributed by atoms with Gasteiger partial charge in [-0.3, -0.25) is 20.2 Å². The number of hydrogen-bond acceptors (Lipinski definition) is 9. The number of nitrogens with two attached hydrogens (primary N) is 2. The van der Waals surface area contributed by atoms with Crippen molar-refractivity contribution in [2.45, 2.75) is 6.18 Å². The van der Waals surface area contributed by atoms with Gasteiger partial charge in [-0.1, -0.05) is 54.6 Å². The maximum atomic E-state index is 12.6.